The molecule has 1 aromatic heterocycles. The molecule has 0 spiro atoms. The van der Waals surface area contributed by atoms with Crippen LogP contribution in [0.25, 0.3) is 0 Å². The number of fused-ring (bicyclic) bond motifs is 1. The Hall–Kier alpha value is -0.940. The molecule has 1 aromatic rings. The van der Waals surface area contributed by atoms with Crippen molar-refractivity contribution in [2.24, 2.45) is 0 Å². The highest BCUT2D eigenvalue weighted by Crippen LogP contribution is 2.37. The molecule has 2 aliphatic heterocycles. The Morgan fingerprint density at radius 3 is 2.87 bits per heavy atom. The molecule has 3 fully saturated rings. The maximum atomic E-state index is 13.3. The predicted octanol–water partition coefficient (Wildman–Crippen LogP) is 3.50. The summed E-state index contributed by atoms with van der Waals surface area (Å²) in [6.07, 6.45) is 8.57. The van der Waals surface area contributed by atoms with Crippen molar-refractivity contribution in [3.05, 3.63) is 16.1 Å². The fourth-order valence-electron chi connectivity index (χ4n) is 4.72. The molecule has 1 amide bonds. The first kappa shape index (κ1) is 15.6. The maximum absolute atomic E-state index is 13.3. The molecule has 0 unspecified atom stereocenters. The molecule has 2 saturated heterocycles. The van der Waals surface area contributed by atoms with Crippen LogP contribution in [0.15, 0.2) is 5.51 Å². The van der Waals surface area contributed by atoms with Crippen LogP contribution in [0.3, 0.4) is 0 Å². The van der Waals surface area contributed by atoms with Crippen LogP contribution >= 0.6 is 11.3 Å². The van der Waals surface area contributed by atoms with E-state index in [1.165, 1.54) is 45.1 Å². The molecule has 3 heterocycles. The number of hydrogen-bond acceptors (Lipinski definition) is 4. The number of carbonyl (C=O) groups is 1. The fourth-order valence-corrected chi connectivity index (χ4v) is 5.55. The van der Waals surface area contributed by atoms with Gasteiger partial charge in [0, 0.05) is 31.1 Å². The number of nitrogens with zero attached hydrogens (tertiary/aromatic N) is 3. The van der Waals surface area contributed by atoms with E-state index < -0.39 is 0 Å². The normalized spacial score (nSPS) is 29.2. The Balaban J connectivity index is 1.57. The molecule has 4 rings (SSSR count). The standard InChI is InChI=1S/C18H27N3OS/c1-2-14-10-20-9-5-8-15(20)11-21(14)18(22)17-16(19-12-23-17)13-6-3-4-7-13/h12-15H,2-11H2,1H3/t14-,15+/m1/s1. The lowest BCUT2D eigenvalue weighted by atomic mass is 10.0. The minimum atomic E-state index is 0.257. The maximum Gasteiger partial charge on any atom is 0.266 e. The summed E-state index contributed by atoms with van der Waals surface area (Å²) in [6, 6.07) is 0.958. The summed E-state index contributed by atoms with van der Waals surface area (Å²) in [4.78, 5) is 23.6. The topological polar surface area (TPSA) is 36.4 Å². The van der Waals surface area contributed by atoms with E-state index in [2.05, 4.69) is 21.7 Å². The van der Waals surface area contributed by atoms with E-state index in [9.17, 15) is 4.79 Å². The molecule has 1 saturated carbocycles. The van der Waals surface area contributed by atoms with E-state index in [0.29, 0.717) is 18.0 Å². The predicted molar refractivity (Wildman–Crippen MR) is 93.0 cm³/mol. The van der Waals surface area contributed by atoms with Gasteiger partial charge in [-0.2, -0.15) is 0 Å². The lowest BCUT2D eigenvalue weighted by Gasteiger charge is -2.43. The molecule has 126 valence electrons. The number of aromatic nitrogens is 1. The number of amides is 1. The van der Waals surface area contributed by atoms with Crippen LogP contribution in [0.5, 0.6) is 0 Å². The second-order valence-corrected chi connectivity index (χ2v) is 8.21. The summed E-state index contributed by atoms with van der Waals surface area (Å²) in [5.41, 5.74) is 2.98. The molecule has 3 aliphatic rings. The van der Waals surface area contributed by atoms with E-state index in [1.54, 1.807) is 11.3 Å². The smallest absolute Gasteiger partial charge is 0.266 e. The van der Waals surface area contributed by atoms with E-state index in [1.807, 2.05) is 5.51 Å². The number of carbonyl (C=O) groups excluding carboxylic acids is 1. The van der Waals surface area contributed by atoms with Crippen LogP contribution in [-0.4, -0.2) is 52.4 Å². The van der Waals surface area contributed by atoms with Crippen LogP contribution in [0.1, 0.15) is 73.2 Å². The van der Waals surface area contributed by atoms with E-state index in [4.69, 9.17) is 0 Å². The first-order valence-corrected chi connectivity index (χ1v) is 10.1. The van der Waals surface area contributed by atoms with Crippen LogP contribution in [0.4, 0.5) is 0 Å². The molecule has 4 nitrogen and oxygen atoms in total. The third-order valence-electron chi connectivity index (χ3n) is 6.06. The molecule has 0 radical (unpaired) electrons. The minimum absolute atomic E-state index is 0.257. The Morgan fingerprint density at radius 2 is 2.09 bits per heavy atom. The zero-order valence-corrected chi connectivity index (χ0v) is 14.9. The Labute approximate surface area is 142 Å². The lowest BCUT2D eigenvalue weighted by molar-refractivity contribution is 0.0348. The summed E-state index contributed by atoms with van der Waals surface area (Å²) in [7, 11) is 0. The Kier molecular flexibility index (Phi) is 4.41. The molecular formula is C18H27N3OS. The van der Waals surface area contributed by atoms with Gasteiger partial charge in [-0.15, -0.1) is 11.3 Å². The average molecular weight is 334 g/mol. The van der Waals surface area contributed by atoms with Crippen LogP contribution < -0.4 is 0 Å². The molecule has 0 bridgehead atoms. The van der Waals surface area contributed by atoms with Gasteiger partial charge in [0.15, 0.2) is 0 Å². The van der Waals surface area contributed by atoms with Crippen molar-refractivity contribution in [3.8, 4) is 0 Å². The summed E-state index contributed by atoms with van der Waals surface area (Å²) < 4.78 is 0. The molecule has 0 aromatic carbocycles. The van der Waals surface area contributed by atoms with Crippen molar-refractivity contribution in [3.63, 3.8) is 0 Å². The van der Waals surface area contributed by atoms with Crippen LogP contribution in [0.2, 0.25) is 0 Å². The van der Waals surface area contributed by atoms with Crippen molar-refractivity contribution in [2.45, 2.75) is 69.9 Å². The zero-order chi connectivity index (χ0) is 15.8. The number of rotatable bonds is 3. The monoisotopic (exact) mass is 333 g/mol. The summed E-state index contributed by atoms with van der Waals surface area (Å²) in [5.74, 6) is 0.779. The van der Waals surface area contributed by atoms with Gasteiger partial charge in [-0.25, -0.2) is 4.98 Å². The minimum Gasteiger partial charge on any atom is -0.332 e. The second kappa shape index (κ2) is 6.52. The molecule has 2 atom stereocenters. The third-order valence-corrected chi connectivity index (χ3v) is 6.89. The molecule has 0 N–H and O–H groups in total. The lowest BCUT2D eigenvalue weighted by Crippen LogP contribution is -2.57. The van der Waals surface area contributed by atoms with E-state index in [0.717, 1.165) is 30.1 Å². The van der Waals surface area contributed by atoms with Gasteiger partial charge in [-0.3, -0.25) is 9.69 Å². The average Bonchev–Trinajstić information content (AvgIpc) is 3.32. The zero-order valence-electron chi connectivity index (χ0n) is 14.0. The van der Waals surface area contributed by atoms with Gasteiger partial charge in [0.1, 0.15) is 4.88 Å². The van der Waals surface area contributed by atoms with Gasteiger partial charge < -0.3 is 4.90 Å². The highest BCUT2D eigenvalue weighted by atomic mass is 32.1. The Bertz CT molecular complexity index is 566. The van der Waals surface area contributed by atoms with Gasteiger partial charge in [0.2, 0.25) is 0 Å². The van der Waals surface area contributed by atoms with Gasteiger partial charge in [0.05, 0.1) is 11.2 Å². The highest BCUT2D eigenvalue weighted by Gasteiger charge is 2.39. The quantitative estimate of drug-likeness (QED) is 0.849. The van der Waals surface area contributed by atoms with Gasteiger partial charge in [0.25, 0.3) is 5.91 Å². The molecule has 5 heteroatoms. The van der Waals surface area contributed by atoms with Crippen molar-refractivity contribution in [1.29, 1.82) is 0 Å². The SMILES string of the molecule is CC[C@@H]1CN2CCC[C@H]2CN1C(=O)c1scnc1C1CCCC1. The van der Waals surface area contributed by atoms with E-state index in [-0.39, 0.29) is 5.91 Å². The summed E-state index contributed by atoms with van der Waals surface area (Å²) >= 11 is 1.56. The van der Waals surface area contributed by atoms with Gasteiger partial charge in [-0.05, 0) is 38.6 Å². The molecule has 1 aliphatic carbocycles. The van der Waals surface area contributed by atoms with Crippen molar-refractivity contribution >= 4 is 17.2 Å². The van der Waals surface area contributed by atoms with Crippen molar-refractivity contribution < 1.29 is 4.79 Å². The molecule has 23 heavy (non-hydrogen) atoms. The van der Waals surface area contributed by atoms with Gasteiger partial charge in [-0.1, -0.05) is 19.8 Å². The van der Waals surface area contributed by atoms with E-state index >= 15 is 0 Å². The van der Waals surface area contributed by atoms with Crippen molar-refractivity contribution in [1.82, 2.24) is 14.8 Å². The first-order valence-electron chi connectivity index (χ1n) is 9.26. The highest BCUT2D eigenvalue weighted by molar-refractivity contribution is 7.11. The molecular weight excluding hydrogens is 306 g/mol. The Morgan fingerprint density at radius 1 is 1.26 bits per heavy atom. The summed E-state index contributed by atoms with van der Waals surface area (Å²) in [6.45, 7) is 5.41. The first-order chi connectivity index (χ1) is 11.3. The van der Waals surface area contributed by atoms with Crippen LogP contribution in [-0.2, 0) is 0 Å². The second-order valence-electron chi connectivity index (χ2n) is 7.36. The number of hydrogen-bond donors (Lipinski definition) is 0. The third kappa shape index (κ3) is 2.82. The largest absolute Gasteiger partial charge is 0.332 e. The van der Waals surface area contributed by atoms with Crippen LogP contribution in [0, 0.1) is 0 Å². The number of piperazine rings is 1. The summed E-state index contributed by atoms with van der Waals surface area (Å²) in [5, 5.41) is 0. The fraction of sp³-hybridized carbons (Fsp3) is 0.778. The number of thiazole rings is 1. The van der Waals surface area contributed by atoms with Crippen molar-refractivity contribution in [2.75, 3.05) is 19.6 Å². The van der Waals surface area contributed by atoms with Gasteiger partial charge >= 0.3 is 0 Å².